The van der Waals surface area contributed by atoms with Crippen molar-refractivity contribution in [2.75, 3.05) is 18.9 Å². The van der Waals surface area contributed by atoms with Crippen LogP contribution >= 0.6 is 11.3 Å². The first kappa shape index (κ1) is 19.0. The number of nitrogens with two attached hydrogens (primary N) is 1. The Labute approximate surface area is 176 Å². The zero-order valence-corrected chi connectivity index (χ0v) is 17.2. The number of nitrogen functional groups attached to an aromatic ring is 1. The van der Waals surface area contributed by atoms with E-state index in [2.05, 4.69) is 30.2 Å². The number of nitrogens with zero attached hydrogens (tertiary/aromatic N) is 7. The normalized spacial score (nSPS) is 16.5. The Morgan fingerprint density at radius 3 is 2.93 bits per heavy atom. The van der Waals surface area contributed by atoms with Crippen molar-refractivity contribution in [2.45, 2.75) is 32.6 Å². The highest BCUT2D eigenvalue weighted by molar-refractivity contribution is 7.13. The first-order valence-corrected chi connectivity index (χ1v) is 10.5. The van der Waals surface area contributed by atoms with Gasteiger partial charge in [0.15, 0.2) is 11.2 Å². The number of pyridine rings is 1. The minimum Gasteiger partial charge on any atom is -0.379 e. The monoisotopic (exact) mass is 424 g/mol. The molecule has 0 aliphatic carbocycles. The number of rotatable bonds is 6. The molecular formula is C19H20N8O2S. The van der Waals surface area contributed by atoms with Gasteiger partial charge in [-0.3, -0.25) is 4.98 Å². The quantitative estimate of drug-likeness (QED) is 0.494. The van der Waals surface area contributed by atoms with Gasteiger partial charge in [-0.15, -0.1) is 16.4 Å². The molecule has 1 saturated heterocycles. The van der Waals surface area contributed by atoms with Gasteiger partial charge < -0.3 is 15.2 Å². The van der Waals surface area contributed by atoms with E-state index in [1.165, 1.54) is 11.3 Å². The molecule has 0 aromatic carbocycles. The van der Waals surface area contributed by atoms with Crippen molar-refractivity contribution in [3.63, 3.8) is 0 Å². The van der Waals surface area contributed by atoms with Crippen molar-refractivity contribution < 1.29 is 9.47 Å². The lowest BCUT2D eigenvalue weighted by atomic mass is 10.3. The lowest BCUT2D eigenvalue weighted by Gasteiger charge is -2.10. The second-order valence-electron chi connectivity index (χ2n) is 7.06. The van der Waals surface area contributed by atoms with E-state index in [-0.39, 0.29) is 12.1 Å². The maximum Gasteiger partial charge on any atom is 0.222 e. The third-order valence-electron chi connectivity index (χ3n) is 4.73. The van der Waals surface area contributed by atoms with Crippen LogP contribution in [0, 0.1) is 6.92 Å². The standard InChI is InChI=1S/C19H20N8O2S/c1-11-10-30-18(21-11)16-15-17(24-19(20)23-16)27(26-25-15)7-12-3-2-4-13(22-12)8-29-14-5-6-28-9-14/h2-4,10,14H,5-9H2,1H3,(H2,20,23,24)/t14-/m0/s1. The lowest BCUT2D eigenvalue weighted by molar-refractivity contribution is 0.0301. The van der Waals surface area contributed by atoms with Crippen molar-refractivity contribution in [3.8, 4) is 10.7 Å². The van der Waals surface area contributed by atoms with Crippen LogP contribution in [0.5, 0.6) is 0 Å². The van der Waals surface area contributed by atoms with E-state index in [1.54, 1.807) is 4.68 Å². The molecule has 11 heteroatoms. The van der Waals surface area contributed by atoms with E-state index < -0.39 is 0 Å². The van der Waals surface area contributed by atoms with Crippen LogP contribution in [-0.2, 0) is 22.6 Å². The molecule has 2 N–H and O–H groups in total. The first-order valence-electron chi connectivity index (χ1n) is 9.59. The van der Waals surface area contributed by atoms with E-state index in [1.807, 2.05) is 30.5 Å². The molecular weight excluding hydrogens is 404 g/mol. The molecule has 5 rings (SSSR count). The molecule has 0 unspecified atom stereocenters. The predicted molar refractivity (Wildman–Crippen MR) is 111 cm³/mol. The summed E-state index contributed by atoms with van der Waals surface area (Å²) < 4.78 is 12.9. The summed E-state index contributed by atoms with van der Waals surface area (Å²) in [6.45, 7) is 4.19. The van der Waals surface area contributed by atoms with Crippen molar-refractivity contribution in [1.29, 1.82) is 0 Å². The Balaban J connectivity index is 1.40. The zero-order valence-electron chi connectivity index (χ0n) is 16.4. The molecule has 4 aromatic rings. The number of thiazole rings is 1. The Bertz CT molecular complexity index is 1180. The maximum absolute atomic E-state index is 5.96. The van der Waals surface area contributed by atoms with Crippen LogP contribution in [0.25, 0.3) is 21.9 Å². The molecule has 5 heterocycles. The van der Waals surface area contributed by atoms with E-state index in [9.17, 15) is 0 Å². The number of fused-ring (bicyclic) bond motifs is 1. The summed E-state index contributed by atoms with van der Waals surface area (Å²) in [6.07, 6.45) is 1.06. The number of ether oxygens (including phenoxy) is 2. The van der Waals surface area contributed by atoms with Crippen LogP contribution in [0.1, 0.15) is 23.5 Å². The highest BCUT2D eigenvalue weighted by atomic mass is 32.1. The molecule has 1 fully saturated rings. The van der Waals surface area contributed by atoms with Crippen LogP contribution in [-0.4, -0.2) is 54.2 Å². The third kappa shape index (κ3) is 3.86. The van der Waals surface area contributed by atoms with E-state index >= 15 is 0 Å². The van der Waals surface area contributed by atoms with Gasteiger partial charge in [-0.2, -0.15) is 4.98 Å². The molecule has 1 aliphatic heterocycles. The van der Waals surface area contributed by atoms with Crippen molar-refractivity contribution in [3.05, 3.63) is 40.7 Å². The van der Waals surface area contributed by atoms with Crippen LogP contribution in [0.4, 0.5) is 5.95 Å². The highest BCUT2D eigenvalue weighted by Gasteiger charge is 2.19. The minimum atomic E-state index is 0.141. The summed E-state index contributed by atoms with van der Waals surface area (Å²) in [5.41, 5.74) is 10.3. The summed E-state index contributed by atoms with van der Waals surface area (Å²) in [5.74, 6) is 0.155. The van der Waals surface area contributed by atoms with Crippen LogP contribution in [0.3, 0.4) is 0 Å². The van der Waals surface area contributed by atoms with Crippen molar-refractivity contribution >= 4 is 28.4 Å². The topological polar surface area (TPSA) is 127 Å². The Morgan fingerprint density at radius 1 is 1.23 bits per heavy atom. The fourth-order valence-corrected chi connectivity index (χ4v) is 4.08. The molecule has 154 valence electrons. The average Bonchev–Trinajstić information content (AvgIpc) is 3.48. The minimum absolute atomic E-state index is 0.141. The lowest BCUT2D eigenvalue weighted by Crippen LogP contribution is -2.13. The van der Waals surface area contributed by atoms with Crippen LogP contribution < -0.4 is 5.73 Å². The van der Waals surface area contributed by atoms with Gasteiger partial charge in [0, 0.05) is 17.7 Å². The second-order valence-corrected chi connectivity index (χ2v) is 7.92. The molecule has 0 amide bonds. The summed E-state index contributed by atoms with van der Waals surface area (Å²) in [4.78, 5) is 17.9. The van der Waals surface area contributed by atoms with Crippen LogP contribution in [0.15, 0.2) is 23.6 Å². The molecule has 0 saturated carbocycles. The molecule has 4 aromatic heterocycles. The summed E-state index contributed by atoms with van der Waals surface area (Å²) >= 11 is 1.49. The van der Waals surface area contributed by atoms with Gasteiger partial charge >= 0.3 is 0 Å². The third-order valence-corrected chi connectivity index (χ3v) is 5.70. The molecule has 30 heavy (non-hydrogen) atoms. The Hall–Kier alpha value is -3.02. The summed E-state index contributed by atoms with van der Waals surface area (Å²) in [6, 6.07) is 5.84. The number of aryl methyl sites for hydroxylation is 1. The molecule has 10 nitrogen and oxygen atoms in total. The first-order chi connectivity index (χ1) is 14.7. The van der Waals surface area contributed by atoms with Gasteiger partial charge in [-0.1, -0.05) is 11.3 Å². The second kappa shape index (κ2) is 8.01. The Morgan fingerprint density at radius 2 is 2.13 bits per heavy atom. The summed E-state index contributed by atoms with van der Waals surface area (Å²) in [5, 5.41) is 11.2. The summed E-state index contributed by atoms with van der Waals surface area (Å²) in [7, 11) is 0. The molecule has 1 aliphatic rings. The van der Waals surface area contributed by atoms with Crippen molar-refractivity contribution in [2.24, 2.45) is 0 Å². The predicted octanol–water partition coefficient (Wildman–Crippen LogP) is 1.98. The van der Waals surface area contributed by atoms with Gasteiger partial charge in [0.1, 0.15) is 10.7 Å². The van der Waals surface area contributed by atoms with Crippen molar-refractivity contribution in [1.82, 2.24) is 34.9 Å². The Kier molecular flexibility index (Phi) is 5.07. The molecule has 1 atom stereocenters. The van der Waals surface area contributed by atoms with E-state index in [0.29, 0.717) is 36.6 Å². The van der Waals surface area contributed by atoms with Gasteiger partial charge in [-0.05, 0) is 25.5 Å². The largest absolute Gasteiger partial charge is 0.379 e. The molecule has 0 bridgehead atoms. The fraction of sp³-hybridized carbons (Fsp3) is 0.368. The molecule has 0 radical (unpaired) electrons. The van der Waals surface area contributed by atoms with E-state index in [4.69, 9.17) is 15.2 Å². The van der Waals surface area contributed by atoms with Gasteiger partial charge in [-0.25, -0.2) is 14.6 Å². The number of aromatic nitrogens is 7. The average molecular weight is 424 g/mol. The number of hydrogen-bond acceptors (Lipinski definition) is 10. The smallest absolute Gasteiger partial charge is 0.222 e. The zero-order chi connectivity index (χ0) is 20.5. The van der Waals surface area contributed by atoms with Gasteiger partial charge in [0.2, 0.25) is 5.95 Å². The number of anilines is 1. The molecule has 0 spiro atoms. The number of hydrogen-bond donors (Lipinski definition) is 1. The van der Waals surface area contributed by atoms with Gasteiger partial charge in [0.25, 0.3) is 0 Å². The van der Waals surface area contributed by atoms with E-state index in [0.717, 1.165) is 35.1 Å². The highest BCUT2D eigenvalue weighted by Crippen LogP contribution is 2.28. The van der Waals surface area contributed by atoms with Gasteiger partial charge in [0.05, 0.1) is 37.3 Å². The SMILES string of the molecule is Cc1csc(-c2nc(N)nc3c2nnn3Cc2cccc(CO[C@H]3CCOC3)n2)n1. The van der Waals surface area contributed by atoms with Crippen LogP contribution in [0.2, 0.25) is 0 Å². The maximum atomic E-state index is 5.96. The fourth-order valence-electron chi connectivity index (χ4n) is 3.29.